The zero-order chi connectivity index (χ0) is 6.97. The first-order valence-electron chi connectivity index (χ1n) is 4.45. The van der Waals surface area contributed by atoms with Crippen LogP contribution in [0.25, 0.3) is 0 Å². The molecule has 2 rings (SSSR count). The topological polar surface area (TPSA) is 12.4 Å². The summed E-state index contributed by atoms with van der Waals surface area (Å²) in [6.07, 6.45) is 5.51. The summed E-state index contributed by atoms with van der Waals surface area (Å²) in [5.41, 5.74) is 1.53. The molecule has 1 unspecified atom stereocenters. The molecule has 0 spiro atoms. The van der Waals surface area contributed by atoms with Crippen molar-refractivity contribution in [2.75, 3.05) is 6.54 Å². The standard InChI is InChI=1S/C9H15N/c1-2-5-10-9-6-8(9)7-3-4-7/h7-8H,2-6H2,1H3. The first-order valence-corrected chi connectivity index (χ1v) is 4.45. The molecule has 0 amide bonds. The van der Waals surface area contributed by atoms with Crippen molar-refractivity contribution in [2.45, 2.75) is 32.6 Å². The highest BCUT2D eigenvalue weighted by Gasteiger charge is 2.43. The molecule has 0 heterocycles. The van der Waals surface area contributed by atoms with Crippen molar-refractivity contribution in [3.63, 3.8) is 0 Å². The fourth-order valence-electron chi connectivity index (χ4n) is 1.54. The number of rotatable bonds is 3. The van der Waals surface area contributed by atoms with Crippen molar-refractivity contribution in [1.82, 2.24) is 0 Å². The van der Waals surface area contributed by atoms with Crippen molar-refractivity contribution >= 4 is 5.71 Å². The minimum Gasteiger partial charge on any atom is -0.294 e. The van der Waals surface area contributed by atoms with E-state index in [1.807, 2.05) is 0 Å². The second kappa shape index (κ2) is 2.37. The molecule has 0 aliphatic heterocycles. The maximum Gasteiger partial charge on any atom is 0.0386 e. The summed E-state index contributed by atoms with van der Waals surface area (Å²) in [6, 6.07) is 0. The van der Waals surface area contributed by atoms with E-state index >= 15 is 0 Å². The second-order valence-corrected chi connectivity index (χ2v) is 3.52. The van der Waals surface area contributed by atoms with Crippen LogP contribution in [0, 0.1) is 11.8 Å². The van der Waals surface area contributed by atoms with Gasteiger partial charge in [0.15, 0.2) is 0 Å². The molecule has 10 heavy (non-hydrogen) atoms. The van der Waals surface area contributed by atoms with E-state index in [0.717, 1.165) is 18.4 Å². The maximum absolute atomic E-state index is 4.51. The minimum absolute atomic E-state index is 0.951. The van der Waals surface area contributed by atoms with E-state index in [-0.39, 0.29) is 0 Å². The Balaban J connectivity index is 1.77. The lowest BCUT2D eigenvalue weighted by Gasteiger charge is -1.85. The van der Waals surface area contributed by atoms with Crippen LogP contribution in [0.15, 0.2) is 4.99 Å². The fourth-order valence-corrected chi connectivity index (χ4v) is 1.54. The van der Waals surface area contributed by atoms with Gasteiger partial charge in [-0.1, -0.05) is 6.92 Å². The normalized spacial score (nSPS) is 34.9. The number of hydrogen-bond donors (Lipinski definition) is 0. The summed E-state index contributed by atoms with van der Waals surface area (Å²) in [5.74, 6) is 2.02. The van der Waals surface area contributed by atoms with E-state index in [1.54, 1.807) is 0 Å². The van der Waals surface area contributed by atoms with Crippen LogP contribution in [0.2, 0.25) is 0 Å². The highest BCUT2D eigenvalue weighted by Crippen LogP contribution is 2.47. The first kappa shape index (κ1) is 6.38. The van der Waals surface area contributed by atoms with E-state index < -0.39 is 0 Å². The monoisotopic (exact) mass is 137 g/mol. The Bertz CT molecular complexity index is 156. The van der Waals surface area contributed by atoms with E-state index in [0.29, 0.717) is 0 Å². The summed E-state index contributed by atoms with van der Waals surface area (Å²) in [6.45, 7) is 3.26. The Morgan fingerprint density at radius 1 is 1.50 bits per heavy atom. The Kier molecular flexibility index (Phi) is 1.51. The third-order valence-corrected chi connectivity index (χ3v) is 2.43. The van der Waals surface area contributed by atoms with Gasteiger partial charge < -0.3 is 0 Å². The first-order chi connectivity index (χ1) is 4.92. The van der Waals surface area contributed by atoms with Gasteiger partial charge in [0.2, 0.25) is 0 Å². The van der Waals surface area contributed by atoms with E-state index in [9.17, 15) is 0 Å². The number of hydrogen-bond acceptors (Lipinski definition) is 1. The fraction of sp³-hybridized carbons (Fsp3) is 0.889. The van der Waals surface area contributed by atoms with E-state index in [4.69, 9.17) is 0 Å². The lowest BCUT2D eigenvalue weighted by atomic mass is 10.3. The van der Waals surface area contributed by atoms with Crippen LogP contribution in [0.1, 0.15) is 32.6 Å². The van der Waals surface area contributed by atoms with Crippen molar-refractivity contribution in [1.29, 1.82) is 0 Å². The lowest BCUT2D eigenvalue weighted by molar-refractivity contribution is 0.753. The van der Waals surface area contributed by atoms with Crippen LogP contribution < -0.4 is 0 Å². The molecule has 0 bridgehead atoms. The van der Waals surface area contributed by atoms with Gasteiger partial charge in [0.25, 0.3) is 0 Å². The highest BCUT2D eigenvalue weighted by molar-refractivity contribution is 6.01. The van der Waals surface area contributed by atoms with E-state index in [1.165, 1.54) is 31.4 Å². The average Bonchev–Trinajstić information content (AvgIpc) is 2.77. The molecular weight excluding hydrogens is 122 g/mol. The molecule has 2 aliphatic carbocycles. The quantitative estimate of drug-likeness (QED) is 0.566. The second-order valence-electron chi connectivity index (χ2n) is 3.52. The summed E-state index contributed by atoms with van der Waals surface area (Å²) in [5, 5.41) is 0. The molecule has 2 fully saturated rings. The maximum atomic E-state index is 4.51. The van der Waals surface area contributed by atoms with Gasteiger partial charge in [0, 0.05) is 18.2 Å². The molecule has 2 aliphatic rings. The van der Waals surface area contributed by atoms with Crippen molar-refractivity contribution in [3.8, 4) is 0 Å². The van der Waals surface area contributed by atoms with Crippen LogP contribution in [0.3, 0.4) is 0 Å². The molecule has 2 saturated carbocycles. The summed E-state index contributed by atoms with van der Waals surface area (Å²) in [7, 11) is 0. The van der Waals surface area contributed by atoms with Gasteiger partial charge in [-0.05, 0) is 31.6 Å². The van der Waals surface area contributed by atoms with Crippen LogP contribution in [0.4, 0.5) is 0 Å². The van der Waals surface area contributed by atoms with Crippen molar-refractivity contribution in [3.05, 3.63) is 0 Å². The summed E-state index contributed by atoms with van der Waals surface area (Å²) in [4.78, 5) is 4.51. The molecule has 0 saturated heterocycles. The SMILES string of the molecule is CCCN=C1CC1C1CC1. The van der Waals surface area contributed by atoms with Crippen LogP contribution in [-0.4, -0.2) is 12.3 Å². The predicted molar refractivity (Wildman–Crippen MR) is 43.4 cm³/mol. The van der Waals surface area contributed by atoms with Crippen molar-refractivity contribution in [2.24, 2.45) is 16.8 Å². The molecule has 0 radical (unpaired) electrons. The van der Waals surface area contributed by atoms with Crippen LogP contribution >= 0.6 is 0 Å². The Labute approximate surface area is 62.5 Å². The van der Waals surface area contributed by atoms with Gasteiger partial charge >= 0.3 is 0 Å². The zero-order valence-corrected chi connectivity index (χ0v) is 6.64. The Morgan fingerprint density at radius 2 is 2.30 bits per heavy atom. The predicted octanol–water partition coefficient (Wildman–Crippen LogP) is 2.27. The lowest BCUT2D eigenvalue weighted by Crippen LogP contribution is -1.83. The van der Waals surface area contributed by atoms with Crippen molar-refractivity contribution < 1.29 is 0 Å². The van der Waals surface area contributed by atoms with E-state index in [2.05, 4.69) is 11.9 Å². The molecular formula is C9H15N. The molecule has 1 heteroatoms. The smallest absolute Gasteiger partial charge is 0.0386 e. The third kappa shape index (κ3) is 1.23. The van der Waals surface area contributed by atoms with Gasteiger partial charge in [-0.25, -0.2) is 0 Å². The summed E-state index contributed by atoms with van der Waals surface area (Å²) < 4.78 is 0. The van der Waals surface area contributed by atoms with Gasteiger partial charge in [-0.15, -0.1) is 0 Å². The number of aliphatic imine (C=N–C) groups is 1. The van der Waals surface area contributed by atoms with Gasteiger partial charge in [-0.3, -0.25) is 4.99 Å². The summed E-state index contributed by atoms with van der Waals surface area (Å²) >= 11 is 0. The molecule has 0 aromatic carbocycles. The van der Waals surface area contributed by atoms with Gasteiger partial charge in [0.1, 0.15) is 0 Å². The molecule has 0 aromatic heterocycles. The Morgan fingerprint density at radius 3 is 2.90 bits per heavy atom. The molecule has 56 valence electrons. The molecule has 0 N–H and O–H groups in total. The minimum atomic E-state index is 0.951. The highest BCUT2D eigenvalue weighted by atomic mass is 14.8. The number of nitrogens with zero attached hydrogens (tertiary/aromatic N) is 1. The Hall–Kier alpha value is -0.330. The largest absolute Gasteiger partial charge is 0.294 e. The molecule has 1 nitrogen and oxygen atoms in total. The van der Waals surface area contributed by atoms with Gasteiger partial charge in [0.05, 0.1) is 0 Å². The molecule has 1 atom stereocenters. The zero-order valence-electron chi connectivity index (χ0n) is 6.64. The van der Waals surface area contributed by atoms with Gasteiger partial charge in [-0.2, -0.15) is 0 Å². The third-order valence-electron chi connectivity index (χ3n) is 2.43. The molecule has 0 aromatic rings. The van der Waals surface area contributed by atoms with Crippen LogP contribution in [0.5, 0.6) is 0 Å². The van der Waals surface area contributed by atoms with Crippen LogP contribution in [-0.2, 0) is 0 Å². The average molecular weight is 137 g/mol.